The average Bonchev–Trinajstić information content (AvgIpc) is 2.92. The summed E-state index contributed by atoms with van der Waals surface area (Å²) in [5.41, 5.74) is 7.47. The SMILES string of the molecule is N#Cc1cn(-c2ccc(F)cc2)c(C(=O)c2ccc(Br)cc2)c1N. The van der Waals surface area contributed by atoms with Crippen LogP contribution in [0.25, 0.3) is 5.69 Å². The standard InChI is InChI=1S/C18H11BrFN3O/c19-13-3-1-11(2-4-13)18(24)17-16(22)12(9-21)10-23(17)15-7-5-14(20)6-8-15/h1-8,10H,22H2. The lowest BCUT2D eigenvalue weighted by atomic mass is 10.1. The number of ketones is 1. The second kappa shape index (κ2) is 6.30. The van der Waals surface area contributed by atoms with E-state index in [-0.39, 0.29) is 28.5 Å². The number of halogens is 2. The van der Waals surface area contributed by atoms with Gasteiger partial charge < -0.3 is 10.3 Å². The van der Waals surface area contributed by atoms with Gasteiger partial charge in [-0.15, -0.1) is 0 Å². The fourth-order valence-corrected chi connectivity index (χ4v) is 2.65. The molecule has 0 fully saturated rings. The molecule has 4 nitrogen and oxygen atoms in total. The van der Waals surface area contributed by atoms with Crippen LogP contribution in [-0.2, 0) is 0 Å². The van der Waals surface area contributed by atoms with Crippen LogP contribution in [0.1, 0.15) is 21.6 Å². The van der Waals surface area contributed by atoms with Crippen molar-refractivity contribution in [3.63, 3.8) is 0 Å². The van der Waals surface area contributed by atoms with Crippen LogP contribution in [0, 0.1) is 17.1 Å². The minimum absolute atomic E-state index is 0.106. The summed E-state index contributed by atoms with van der Waals surface area (Å²) in [5.74, 6) is -0.703. The molecule has 1 aromatic heterocycles. The minimum Gasteiger partial charge on any atom is -0.396 e. The first kappa shape index (κ1) is 16.0. The first-order valence-corrected chi connectivity index (χ1v) is 7.77. The fourth-order valence-electron chi connectivity index (χ4n) is 2.38. The smallest absolute Gasteiger partial charge is 0.211 e. The molecule has 0 saturated heterocycles. The number of benzene rings is 2. The highest BCUT2D eigenvalue weighted by Crippen LogP contribution is 2.27. The van der Waals surface area contributed by atoms with Gasteiger partial charge in [-0.25, -0.2) is 4.39 Å². The molecular weight excluding hydrogens is 373 g/mol. The number of carbonyl (C=O) groups excluding carboxylic acids is 1. The van der Waals surface area contributed by atoms with Gasteiger partial charge in [0.1, 0.15) is 17.6 Å². The zero-order valence-electron chi connectivity index (χ0n) is 12.3. The van der Waals surface area contributed by atoms with Gasteiger partial charge in [-0.05, 0) is 48.5 Å². The molecule has 24 heavy (non-hydrogen) atoms. The van der Waals surface area contributed by atoms with Crippen molar-refractivity contribution in [1.82, 2.24) is 4.57 Å². The van der Waals surface area contributed by atoms with Gasteiger partial charge in [0, 0.05) is 21.9 Å². The van der Waals surface area contributed by atoms with E-state index in [1.165, 1.54) is 35.0 Å². The summed E-state index contributed by atoms with van der Waals surface area (Å²) in [5, 5.41) is 9.22. The zero-order valence-corrected chi connectivity index (χ0v) is 13.9. The number of rotatable bonds is 3. The van der Waals surface area contributed by atoms with E-state index in [1.54, 1.807) is 24.3 Å². The number of aromatic nitrogens is 1. The molecule has 0 aliphatic rings. The van der Waals surface area contributed by atoms with E-state index in [0.29, 0.717) is 11.3 Å². The van der Waals surface area contributed by atoms with Crippen molar-refractivity contribution >= 4 is 27.4 Å². The van der Waals surface area contributed by atoms with Gasteiger partial charge in [-0.2, -0.15) is 5.26 Å². The van der Waals surface area contributed by atoms with Gasteiger partial charge in [0.2, 0.25) is 5.78 Å². The van der Waals surface area contributed by atoms with Crippen molar-refractivity contribution in [2.75, 3.05) is 5.73 Å². The number of hydrogen-bond acceptors (Lipinski definition) is 3. The topological polar surface area (TPSA) is 71.8 Å². The predicted molar refractivity (Wildman–Crippen MR) is 92.4 cm³/mol. The summed E-state index contributed by atoms with van der Waals surface area (Å²) in [7, 11) is 0. The number of nitrogens with two attached hydrogens (primary N) is 1. The predicted octanol–water partition coefficient (Wildman–Crippen LogP) is 4.06. The Bertz CT molecular complexity index is 954. The van der Waals surface area contributed by atoms with E-state index in [0.717, 1.165) is 4.47 Å². The molecule has 0 aliphatic carbocycles. The molecule has 0 amide bonds. The van der Waals surface area contributed by atoms with E-state index in [2.05, 4.69) is 15.9 Å². The molecule has 3 aromatic rings. The van der Waals surface area contributed by atoms with Crippen LogP contribution >= 0.6 is 15.9 Å². The molecule has 6 heteroatoms. The number of nitrogen functional groups attached to an aromatic ring is 1. The Balaban J connectivity index is 2.17. The van der Waals surface area contributed by atoms with Crippen molar-refractivity contribution in [2.45, 2.75) is 0 Å². The van der Waals surface area contributed by atoms with Gasteiger partial charge in [0.05, 0.1) is 11.3 Å². The Morgan fingerprint density at radius 3 is 2.33 bits per heavy atom. The number of nitrogens with zero attached hydrogens (tertiary/aromatic N) is 2. The van der Waals surface area contributed by atoms with E-state index < -0.39 is 0 Å². The molecule has 3 rings (SSSR count). The summed E-state index contributed by atoms with van der Waals surface area (Å²) < 4.78 is 15.5. The number of hydrogen-bond donors (Lipinski definition) is 1. The van der Waals surface area contributed by atoms with E-state index in [9.17, 15) is 14.4 Å². The molecule has 0 bridgehead atoms. The average molecular weight is 384 g/mol. The third-order valence-corrected chi connectivity index (χ3v) is 4.12. The van der Waals surface area contributed by atoms with Crippen molar-refractivity contribution < 1.29 is 9.18 Å². The van der Waals surface area contributed by atoms with E-state index in [1.807, 2.05) is 6.07 Å². The van der Waals surface area contributed by atoms with Crippen molar-refractivity contribution in [1.29, 1.82) is 5.26 Å². The van der Waals surface area contributed by atoms with E-state index >= 15 is 0 Å². The number of carbonyl (C=O) groups is 1. The second-order valence-electron chi connectivity index (χ2n) is 5.10. The van der Waals surface area contributed by atoms with Gasteiger partial charge in [0.25, 0.3) is 0 Å². The Morgan fingerprint density at radius 1 is 1.12 bits per heavy atom. The first-order chi connectivity index (χ1) is 11.5. The summed E-state index contributed by atoms with van der Waals surface area (Å²) in [6.45, 7) is 0. The zero-order chi connectivity index (χ0) is 17.3. The molecule has 118 valence electrons. The molecule has 0 atom stereocenters. The van der Waals surface area contributed by atoms with Crippen LogP contribution in [0.5, 0.6) is 0 Å². The fraction of sp³-hybridized carbons (Fsp3) is 0. The second-order valence-corrected chi connectivity index (χ2v) is 6.01. The monoisotopic (exact) mass is 383 g/mol. The molecule has 0 aliphatic heterocycles. The number of anilines is 1. The third kappa shape index (κ3) is 2.82. The molecular formula is C18H11BrFN3O. The van der Waals surface area contributed by atoms with Crippen LogP contribution in [-0.4, -0.2) is 10.4 Å². The molecule has 2 N–H and O–H groups in total. The van der Waals surface area contributed by atoms with Crippen LogP contribution in [0.2, 0.25) is 0 Å². The van der Waals surface area contributed by atoms with Crippen LogP contribution in [0.3, 0.4) is 0 Å². The quantitative estimate of drug-likeness (QED) is 0.693. The summed E-state index contributed by atoms with van der Waals surface area (Å²) in [6.07, 6.45) is 1.48. The maximum Gasteiger partial charge on any atom is 0.211 e. The Kier molecular flexibility index (Phi) is 4.19. The first-order valence-electron chi connectivity index (χ1n) is 6.98. The van der Waals surface area contributed by atoms with Gasteiger partial charge >= 0.3 is 0 Å². The largest absolute Gasteiger partial charge is 0.396 e. The lowest BCUT2D eigenvalue weighted by Crippen LogP contribution is -2.10. The van der Waals surface area contributed by atoms with Gasteiger partial charge in [-0.1, -0.05) is 15.9 Å². The Morgan fingerprint density at radius 2 is 1.75 bits per heavy atom. The lowest BCUT2D eigenvalue weighted by molar-refractivity contribution is 0.103. The highest BCUT2D eigenvalue weighted by atomic mass is 79.9. The Labute approximate surface area is 146 Å². The molecule has 0 radical (unpaired) electrons. The lowest BCUT2D eigenvalue weighted by Gasteiger charge is -2.09. The van der Waals surface area contributed by atoms with Crippen LogP contribution in [0.4, 0.5) is 10.1 Å². The molecule has 0 saturated carbocycles. The minimum atomic E-state index is -0.389. The van der Waals surface area contributed by atoms with Gasteiger partial charge in [-0.3, -0.25) is 4.79 Å². The summed E-state index contributed by atoms with van der Waals surface area (Å²) >= 11 is 3.32. The van der Waals surface area contributed by atoms with Crippen molar-refractivity contribution in [3.05, 3.63) is 81.8 Å². The van der Waals surface area contributed by atoms with Gasteiger partial charge in [0.15, 0.2) is 0 Å². The maximum atomic E-state index is 13.2. The molecule has 0 unspecified atom stereocenters. The number of nitriles is 1. The Hall–Kier alpha value is -2.91. The third-order valence-electron chi connectivity index (χ3n) is 3.59. The normalized spacial score (nSPS) is 10.4. The van der Waals surface area contributed by atoms with Crippen LogP contribution < -0.4 is 5.73 Å². The van der Waals surface area contributed by atoms with E-state index in [4.69, 9.17) is 5.73 Å². The summed E-state index contributed by atoms with van der Waals surface area (Å²) in [4.78, 5) is 12.9. The maximum absolute atomic E-state index is 13.2. The molecule has 2 aromatic carbocycles. The highest BCUT2D eigenvalue weighted by molar-refractivity contribution is 9.10. The highest BCUT2D eigenvalue weighted by Gasteiger charge is 2.22. The molecule has 1 heterocycles. The van der Waals surface area contributed by atoms with Crippen molar-refractivity contribution in [2.24, 2.45) is 0 Å². The molecule has 0 spiro atoms. The van der Waals surface area contributed by atoms with Crippen LogP contribution in [0.15, 0.2) is 59.2 Å². The summed E-state index contributed by atoms with van der Waals surface area (Å²) in [6, 6.07) is 14.4. The van der Waals surface area contributed by atoms with Crippen molar-refractivity contribution in [3.8, 4) is 11.8 Å².